The van der Waals surface area contributed by atoms with Gasteiger partial charge in [0.05, 0.1) is 18.8 Å². The van der Waals surface area contributed by atoms with Crippen LogP contribution in [0.1, 0.15) is 316 Å². The fraction of sp³-hybridized carbons (Fsp3) is 0.712. The number of hydrogen-bond acceptors (Lipinski definition) is 3. The topological polar surface area (TPSA) is 69.6 Å². The molecule has 442 valence electrons. The molecule has 0 aliphatic carbocycles. The quantitative estimate of drug-likeness (QED) is 0.0420. The first-order valence-corrected chi connectivity index (χ1v) is 33.2. The lowest BCUT2D eigenvalue weighted by molar-refractivity contribution is -0.123. The van der Waals surface area contributed by atoms with E-state index in [0.29, 0.717) is 6.42 Å². The van der Waals surface area contributed by atoms with Gasteiger partial charge in [-0.05, 0) is 89.9 Å². The first-order valence-electron chi connectivity index (χ1n) is 33.2. The molecular weight excluding hydrogens is 939 g/mol. The number of carbonyl (C=O) groups is 1. The molecule has 0 saturated heterocycles. The van der Waals surface area contributed by atoms with Crippen LogP contribution in [-0.2, 0) is 4.79 Å². The van der Waals surface area contributed by atoms with Gasteiger partial charge in [-0.2, -0.15) is 0 Å². The van der Waals surface area contributed by atoms with Crippen LogP contribution >= 0.6 is 0 Å². The molecule has 0 aliphatic rings. The zero-order valence-electron chi connectivity index (χ0n) is 50.9. The van der Waals surface area contributed by atoms with E-state index in [4.69, 9.17) is 0 Å². The van der Waals surface area contributed by atoms with Crippen molar-refractivity contribution >= 4 is 5.91 Å². The molecule has 77 heavy (non-hydrogen) atoms. The van der Waals surface area contributed by atoms with E-state index in [2.05, 4.69) is 129 Å². The maximum absolute atomic E-state index is 12.5. The second-order valence-corrected chi connectivity index (χ2v) is 22.2. The van der Waals surface area contributed by atoms with Gasteiger partial charge in [0.25, 0.3) is 0 Å². The van der Waals surface area contributed by atoms with Crippen LogP contribution in [0.2, 0.25) is 0 Å². The lowest BCUT2D eigenvalue weighted by Gasteiger charge is -2.20. The first kappa shape index (κ1) is 73.8. The standard InChI is InChI=1S/C73H127NO3/c1-3-5-7-9-11-13-15-17-19-21-23-25-27-29-30-31-32-33-34-35-36-37-38-39-40-41-42-43-44-45-47-49-51-53-55-57-59-61-63-65-67-69-73(77)74-71(70-75)72(76)68-66-64-62-60-58-56-54-52-50-48-46-28-26-24-22-20-18-16-14-12-10-8-6-4-2/h5,7,11,13,17,19,23,25,29-30,32-33,35-36,38-39,41-42,66,68,71-72,75-76H,3-4,6,8-10,12,14-16,18,20-22,24,26-28,31,34,37,40,43-65,67,69-70H2,1-2H3,(H,74,77)/b7-5-,13-11-,19-17-,25-23-,30-29-,33-32-,36-35-,39-38-,42-41-,68-66+. The van der Waals surface area contributed by atoms with E-state index >= 15 is 0 Å². The van der Waals surface area contributed by atoms with Crippen LogP contribution in [0.5, 0.6) is 0 Å². The van der Waals surface area contributed by atoms with Crippen molar-refractivity contribution in [2.75, 3.05) is 6.61 Å². The highest BCUT2D eigenvalue weighted by atomic mass is 16.3. The monoisotopic (exact) mass is 1070 g/mol. The van der Waals surface area contributed by atoms with Crippen LogP contribution in [0.3, 0.4) is 0 Å². The highest BCUT2D eigenvalue weighted by Gasteiger charge is 2.18. The average molecular weight is 1070 g/mol. The molecule has 0 aromatic carbocycles. The zero-order chi connectivity index (χ0) is 55.5. The number of amides is 1. The van der Waals surface area contributed by atoms with Crippen LogP contribution < -0.4 is 5.32 Å². The molecule has 0 aliphatic heterocycles. The van der Waals surface area contributed by atoms with Gasteiger partial charge in [0.1, 0.15) is 0 Å². The van der Waals surface area contributed by atoms with Gasteiger partial charge in [0, 0.05) is 6.42 Å². The molecule has 0 heterocycles. The summed E-state index contributed by atoms with van der Waals surface area (Å²) in [6.07, 6.45) is 103. The smallest absolute Gasteiger partial charge is 0.220 e. The summed E-state index contributed by atoms with van der Waals surface area (Å²) in [7, 11) is 0. The Kier molecular flexibility index (Phi) is 64.3. The number of rotatable bonds is 60. The molecule has 0 spiro atoms. The molecule has 0 bridgehead atoms. The van der Waals surface area contributed by atoms with Gasteiger partial charge in [0.2, 0.25) is 5.91 Å². The van der Waals surface area contributed by atoms with E-state index in [1.807, 2.05) is 6.08 Å². The summed E-state index contributed by atoms with van der Waals surface area (Å²) in [6.45, 7) is 4.21. The number of nitrogens with one attached hydrogen (secondary N) is 1. The highest BCUT2D eigenvalue weighted by Crippen LogP contribution is 2.17. The molecule has 0 fully saturated rings. The van der Waals surface area contributed by atoms with Gasteiger partial charge in [-0.1, -0.05) is 341 Å². The number of allylic oxidation sites excluding steroid dienone is 19. The van der Waals surface area contributed by atoms with Crippen LogP contribution in [0, 0.1) is 0 Å². The lowest BCUT2D eigenvalue weighted by atomic mass is 10.0. The first-order chi connectivity index (χ1) is 38.2. The molecule has 0 aromatic rings. The molecule has 2 atom stereocenters. The van der Waals surface area contributed by atoms with Crippen molar-refractivity contribution in [2.24, 2.45) is 0 Å². The maximum atomic E-state index is 12.5. The van der Waals surface area contributed by atoms with Crippen LogP contribution in [0.25, 0.3) is 0 Å². The van der Waals surface area contributed by atoms with E-state index in [1.165, 1.54) is 212 Å². The lowest BCUT2D eigenvalue weighted by Crippen LogP contribution is -2.45. The SMILES string of the molecule is CC/C=C\C/C=C\C/C=C\C/C=C\C/C=C\C/C=C\C/C=C\C/C=C\C/C=C\CCCCCCCCCCCCCCCC(=O)NC(CO)C(O)/C=C/CCCCCCCCCCCCCCCCCCCCCCCC. The van der Waals surface area contributed by atoms with Crippen LogP contribution in [0.4, 0.5) is 0 Å². The fourth-order valence-electron chi connectivity index (χ4n) is 9.70. The van der Waals surface area contributed by atoms with Gasteiger partial charge < -0.3 is 15.5 Å². The average Bonchev–Trinajstić information content (AvgIpc) is 3.43. The number of carbonyl (C=O) groups excluding carboxylic acids is 1. The largest absolute Gasteiger partial charge is 0.394 e. The third-order valence-corrected chi connectivity index (χ3v) is 14.7. The molecule has 4 heteroatoms. The van der Waals surface area contributed by atoms with E-state index in [-0.39, 0.29) is 12.5 Å². The van der Waals surface area contributed by atoms with E-state index in [0.717, 1.165) is 83.5 Å². The Labute approximate surface area is 479 Å². The van der Waals surface area contributed by atoms with Crippen molar-refractivity contribution in [3.05, 3.63) is 122 Å². The Hall–Kier alpha value is -3.21. The second kappa shape index (κ2) is 67.1. The van der Waals surface area contributed by atoms with E-state index in [1.54, 1.807) is 6.08 Å². The van der Waals surface area contributed by atoms with Crippen LogP contribution in [0.15, 0.2) is 122 Å². The van der Waals surface area contributed by atoms with Gasteiger partial charge in [-0.15, -0.1) is 0 Å². The summed E-state index contributed by atoms with van der Waals surface area (Å²) in [5.74, 6) is -0.0660. The molecule has 2 unspecified atom stereocenters. The predicted molar refractivity (Wildman–Crippen MR) is 345 cm³/mol. The summed E-state index contributed by atoms with van der Waals surface area (Å²) < 4.78 is 0. The summed E-state index contributed by atoms with van der Waals surface area (Å²) in [5.41, 5.74) is 0. The Morgan fingerprint density at radius 1 is 0.325 bits per heavy atom. The van der Waals surface area contributed by atoms with Crippen molar-refractivity contribution in [3.63, 3.8) is 0 Å². The van der Waals surface area contributed by atoms with Crippen molar-refractivity contribution < 1.29 is 15.0 Å². The van der Waals surface area contributed by atoms with Gasteiger partial charge >= 0.3 is 0 Å². The number of aliphatic hydroxyl groups is 2. The van der Waals surface area contributed by atoms with E-state index < -0.39 is 12.1 Å². The minimum Gasteiger partial charge on any atom is -0.394 e. The minimum absolute atomic E-state index is 0.0660. The van der Waals surface area contributed by atoms with Crippen LogP contribution in [-0.4, -0.2) is 34.9 Å². The molecule has 0 aromatic heterocycles. The Bertz CT molecular complexity index is 1490. The predicted octanol–water partition coefficient (Wildman–Crippen LogP) is 22.8. The van der Waals surface area contributed by atoms with Gasteiger partial charge in [-0.25, -0.2) is 0 Å². The minimum atomic E-state index is -0.847. The second-order valence-electron chi connectivity index (χ2n) is 22.2. The normalized spacial score (nSPS) is 13.6. The summed E-state index contributed by atoms with van der Waals surface area (Å²) in [4.78, 5) is 12.5. The molecule has 0 radical (unpaired) electrons. The zero-order valence-corrected chi connectivity index (χ0v) is 50.9. The molecular formula is C73H127NO3. The van der Waals surface area contributed by atoms with Crippen molar-refractivity contribution in [2.45, 2.75) is 328 Å². The number of hydrogen-bond donors (Lipinski definition) is 3. The molecule has 0 rings (SSSR count). The Morgan fingerprint density at radius 3 is 0.857 bits per heavy atom. The van der Waals surface area contributed by atoms with Crippen molar-refractivity contribution in [1.82, 2.24) is 5.32 Å². The third kappa shape index (κ3) is 63.5. The Morgan fingerprint density at radius 2 is 0.571 bits per heavy atom. The maximum Gasteiger partial charge on any atom is 0.220 e. The molecule has 4 nitrogen and oxygen atoms in total. The third-order valence-electron chi connectivity index (χ3n) is 14.7. The van der Waals surface area contributed by atoms with E-state index in [9.17, 15) is 15.0 Å². The number of aliphatic hydroxyl groups excluding tert-OH is 2. The Balaban J connectivity index is 3.54. The summed E-state index contributed by atoms with van der Waals surface area (Å²) in [5, 5.41) is 23.3. The van der Waals surface area contributed by atoms with Crippen molar-refractivity contribution in [3.8, 4) is 0 Å². The van der Waals surface area contributed by atoms with Crippen molar-refractivity contribution in [1.29, 1.82) is 0 Å². The molecule has 3 N–H and O–H groups in total. The summed E-state index contributed by atoms with van der Waals surface area (Å²) >= 11 is 0. The molecule has 0 saturated carbocycles. The summed E-state index contributed by atoms with van der Waals surface area (Å²) in [6, 6.07) is -0.631. The van der Waals surface area contributed by atoms with Gasteiger partial charge in [0.15, 0.2) is 0 Å². The number of unbranched alkanes of at least 4 members (excludes halogenated alkanes) is 35. The molecule has 1 amide bonds. The highest BCUT2D eigenvalue weighted by molar-refractivity contribution is 5.76. The fourth-order valence-corrected chi connectivity index (χ4v) is 9.70. The van der Waals surface area contributed by atoms with Gasteiger partial charge in [-0.3, -0.25) is 4.79 Å².